The van der Waals surface area contributed by atoms with Crippen molar-refractivity contribution in [3.05, 3.63) is 103 Å². The van der Waals surface area contributed by atoms with E-state index >= 15 is 0 Å². The zero-order valence-corrected chi connectivity index (χ0v) is 25.4. The van der Waals surface area contributed by atoms with Gasteiger partial charge in [-0.15, -0.1) is 0 Å². The van der Waals surface area contributed by atoms with Crippen molar-refractivity contribution in [2.45, 2.75) is 64.2 Å². The van der Waals surface area contributed by atoms with Gasteiger partial charge in [-0.05, 0) is 0 Å². The fourth-order valence-corrected chi connectivity index (χ4v) is 10.2. The number of halogens is 1. The Hall–Kier alpha value is -2.49. The van der Waals surface area contributed by atoms with Gasteiger partial charge in [0.1, 0.15) is 0 Å². The van der Waals surface area contributed by atoms with Gasteiger partial charge in [-0.25, -0.2) is 0 Å². The number of hydrogen-bond donors (Lipinski definition) is 0. The Labute approximate surface area is 229 Å². The maximum atomic E-state index is 13.4. The molecule has 0 heterocycles. The first kappa shape index (κ1) is 29.1. The summed E-state index contributed by atoms with van der Waals surface area (Å²) in [5, 5.41) is 0. The number of benzene rings is 3. The molecule has 0 spiro atoms. The number of carbonyl (C=O) groups is 1. The van der Waals surface area contributed by atoms with Gasteiger partial charge >= 0.3 is 230 Å². The molecule has 0 saturated carbocycles. The van der Waals surface area contributed by atoms with Gasteiger partial charge in [0.15, 0.2) is 0 Å². The van der Waals surface area contributed by atoms with E-state index in [1.54, 1.807) is 6.92 Å². The van der Waals surface area contributed by atoms with Crippen molar-refractivity contribution in [2.24, 2.45) is 0 Å². The molecule has 0 atom stereocenters. The Morgan fingerprint density at radius 1 is 0.730 bits per heavy atom. The van der Waals surface area contributed by atoms with E-state index in [1.807, 2.05) is 48.5 Å². The second-order valence-electron chi connectivity index (χ2n) is 10.9. The quantitative estimate of drug-likeness (QED) is 0.116. The molecule has 3 aromatic rings. The standard InChI is InChI=1S/C30H35IO5S/c1-21(2)28(32)35-26-17-19-27(20-18-26)37(33,34)36-31(24-13-9-22(10-14-24)29(3,4)5)25-15-11-23(12-16-25)30(6,7)8/h9-20H,1H2,2-8H3. The Morgan fingerprint density at radius 3 is 1.49 bits per heavy atom. The fraction of sp³-hybridized carbons (Fsp3) is 0.300. The van der Waals surface area contributed by atoms with Crippen molar-refractivity contribution >= 4 is 36.3 Å². The van der Waals surface area contributed by atoms with Gasteiger partial charge in [0.25, 0.3) is 0 Å². The van der Waals surface area contributed by atoms with Crippen LogP contribution in [0.2, 0.25) is 0 Å². The first-order valence-corrected chi connectivity index (χ1v) is 16.4. The second kappa shape index (κ2) is 11.1. The van der Waals surface area contributed by atoms with Crippen LogP contribution in [0.4, 0.5) is 0 Å². The van der Waals surface area contributed by atoms with Crippen LogP contribution in [0.15, 0.2) is 89.8 Å². The predicted octanol–water partition coefficient (Wildman–Crippen LogP) is 7.63. The molecule has 0 unspecified atom stereocenters. The Kier molecular flexibility index (Phi) is 8.71. The molecule has 0 aliphatic heterocycles. The normalized spacial score (nSPS) is 12.7. The van der Waals surface area contributed by atoms with Crippen molar-refractivity contribution in [2.75, 3.05) is 0 Å². The third-order valence-electron chi connectivity index (χ3n) is 5.63. The van der Waals surface area contributed by atoms with Crippen LogP contribution in [0, 0.1) is 7.14 Å². The molecule has 3 rings (SSSR count). The molecule has 0 aromatic heterocycles. The van der Waals surface area contributed by atoms with E-state index in [0.29, 0.717) is 0 Å². The monoisotopic (exact) mass is 634 g/mol. The molecule has 3 aromatic carbocycles. The second-order valence-corrected chi connectivity index (χ2v) is 17.4. The molecule has 7 heteroatoms. The van der Waals surface area contributed by atoms with Gasteiger partial charge < -0.3 is 0 Å². The molecule has 37 heavy (non-hydrogen) atoms. The fourth-order valence-electron chi connectivity index (χ4n) is 3.32. The number of carbonyl (C=O) groups excluding carboxylic acids is 1. The number of esters is 1. The van der Waals surface area contributed by atoms with Gasteiger partial charge in [-0.1, -0.05) is 0 Å². The first-order chi connectivity index (χ1) is 17.1. The molecular formula is C30H35IO5S. The van der Waals surface area contributed by atoms with Crippen LogP contribution in [0.3, 0.4) is 0 Å². The molecule has 0 aliphatic rings. The van der Waals surface area contributed by atoms with Crippen LogP contribution in [-0.4, -0.2) is 14.4 Å². The molecule has 5 nitrogen and oxygen atoms in total. The summed E-state index contributed by atoms with van der Waals surface area (Å²) in [4.78, 5) is 11.8. The third kappa shape index (κ3) is 7.52. The average Bonchev–Trinajstić information content (AvgIpc) is 2.82. The van der Waals surface area contributed by atoms with E-state index in [2.05, 4.69) is 48.1 Å². The number of hydrogen-bond acceptors (Lipinski definition) is 5. The van der Waals surface area contributed by atoms with Crippen LogP contribution >= 0.6 is 20.2 Å². The molecular weight excluding hydrogens is 599 g/mol. The summed E-state index contributed by atoms with van der Waals surface area (Å²) in [6, 6.07) is 21.8. The van der Waals surface area contributed by atoms with Crippen LogP contribution in [0.1, 0.15) is 59.6 Å². The minimum absolute atomic E-state index is 0.00236. The maximum absolute atomic E-state index is 13.4. The van der Waals surface area contributed by atoms with E-state index in [-0.39, 0.29) is 27.0 Å². The van der Waals surface area contributed by atoms with Crippen LogP contribution < -0.4 is 4.74 Å². The summed E-state index contributed by atoms with van der Waals surface area (Å²) in [6.07, 6.45) is 0. The summed E-state index contributed by atoms with van der Waals surface area (Å²) in [5.74, 6) is -0.337. The first-order valence-electron chi connectivity index (χ1n) is 11.9. The molecule has 0 saturated heterocycles. The third-order valence-corrected chi connectivity index (χ3v) is 13.0. The van der Waals surface area contributed by atoms with Gasteiger partial charge in [0.2, 0.25) is 0 Å². The van der Waals surface area contributed by atoms with E-state index in [1.165, 1.54) is 24.3 Å². The van der Waals surface area contributed by atoms with E-state index < -0.39 is 36.3 Å². The summed E-state index contributed by atoms with van der Waals surface area (Å²) >= 11 is -2.86. The Balaban J connectivity index is 1.97. The van der Waals surface area contributed by atoms with E-state index in [9.17, 15) is 13.2 Å². The van der Waals surface area contributed by atoms with Crippen molar-refractivity contribution in [1.29, 1.82) is 0 Å². The zero-order chi connectivity index (χ0) is 27.6. The SMILES string of the molecule is C=C(C)C(=O)Oc1ccc(S(=O)(=O)OI(c2ccc(C(C)(C)C)cc2)c2ccc(C(C)(C)C)cc2)cc1. The molecule has 0 fully saturated rings. The summed E-state index contributed by atoms with van der Waals surface area (Å²) in [7, 11) is -4.08. The Morgan fingerprint density at radius 2 is 1.14 bits per heavy atom. The van der Waals surface area contributed by atoms with Gasteiger partial charge in [-0.3, -0.25) is 0 Å². The molecule has 0 radical (unpaired) electrons. The van der Waals surface area contributed by atoms with Crippen LogP contribution in [-0.2, 0) is 28.3 Å². The van der Waals surface area contributed by atoms with Crippen LogP contribution in [0.5, 0.6) is 5.75 Å². The molecule has 0 aliphatic carbocycles. The number of ether oxygens (including phenoxy) is 1. The summed E-state index contributed by atoms with van der Waals surface area (Å²) < 4.78 is 39.7. The minimum atomic E-state index is -4.08. The molecule has 0 amide bonds. The predicted molar refractivity (Wildman–Crippen MR) is 157 cm³/mol. The van der Waals surface area contributed by atoms with Crippen molar-refractivity contribution < 1.29 is 20.5 Å². The van der Waals surface area contributed by atoms with Gasteiger partial charge in [0.05, 0.1) is 0 Å². The summed E-state index contributed by atoms with van der Waals surface area (Å²) in [6.45, 7) is 17.9. The van der Waals surface area contributed by atoms with Gasteiger partial charge in [-0.2, -0.15) is 0 Å². The Bertz CT molecular complexity index is 1300. The topological polar surface area (TPSA) is 69.7 Å². The number of rotatable bonds is 7. The van der Waals surface area contributed by atoms with E-state index in [0.717, 1.165) is 18.3 Å². The molecule has 0 bridgehead atoms. The molecule has 198 valence electrons. The van der Waals surface area contributed by atoms with E-state index in [4.69, 9.17) is 7.25 Å². The van der Waals surface area contributed by atoms with Crippen molar-refractivity contribution in [3.8, 4) is 5.75 Å². The van der Waals surface area contributed by atoms with Gasteiger partial charge in [0, 0.05) is 0 Å². The summed E-state index contributed by atoms with van der Waals surface area (Å²) in [5.41, 5.74) is 2.54. The average molecular weight is 635 g/mol. The van der Waals surface area contributed by atoms with Crippen LogP contribution in [0.25, 0.3) is 0 Å². The molecule has 0 N–H and O–H groups in total. The van der Waals surface area contributed by atoms with Crippen molar-refractivity contribution in [1.82, 2.24) is 0 Å². The zero-order valence-electron chi connectivity index (χ0n) is 22.5. The van der Waals surface area contributed by atoms with Crippen molar-refractivity contribution in [3.63, 3.8) is 0 Å².